The molecule has 0 radical (unpaired) electrons. The Labute approximate surface area is 82.0 Å². The maximum absolute atomic E-state index is 5.81. The third kappa shape index (κ3) is 3.65. The Balaban J connectivity index is 2.23. The lowest BCUT2D eigenvalue weighted by Gasteiger charge is -2.35. The predicted octanol–water partition coefficient (Wildman–Crippen LogP) is 2.05. The highest BCUT2D eigenvalue weighted by Crippen LogP contribution is 2.22. The van der Waals surface area contributed by atoms with E-state index in [1.54, 1.807) is 0 Å². The maximum Gasteiger partial charge on any atom is 0.0598 e. The molecule has 0 bridgehead atoms. The van der Waals surface area contributed by atoms with Crippen molar-refractivity contribution in [2.75, 3.05) is 19.7 Å². The first-order valence-electron chi connectivity index (χ1n) is 5.37. The molecular formula is C11H23NO. The second kappa shape index (κ2) is 4.43. The van der Waals surface area contributed by atoms with Gasteiger partial charge in [-0.1, -0.05) is 13.3 Å². The Morgan fingerprint density at radius 3 is 2.31 bits per heavy atom. The van der Waals surface area contributed by atoms with Crippen molar-refractivity contribution >= 4 is 0 Å². The Hall–Kier alpha value is -0.0800. The van der Waals surface area contributed by atoms with Crippen LogP contribution in [0.2, 0.25) is 0 Å². The van der Waals surface area contributed by atoms with Crippen molar-refractivity contribution < 1.29 is 4.74 Å². The molecule has 1 aliphatic heterocycles. The molecule has 1 heterocycles. The van der Waals surface area contributed by atoms with E-state index in [1.165, 1.54) is 19.5 Å². The van der Waals surface area contributed by atoms with Gasteiger partial charge in [-0.05, 0) is 45.7 Å². The maximum atomic E-state index is 5.81. The summed E-state index contributed by atoms with van der Waals surface area (Å²) in [7, 11) is 0. The van der Waals surface area contributed by atoms with Gasteiger partial charge in [-0.25, -0.2) is 0 Å². The first-order valence-corrected chi connectivity index (χ1v) is 5.37. The highest BCUT2D eigenvalue weighted by Gasteiger charge is 2.26. The molecule has 1 atom stereocenters. The third-order valence-electron chi connectivity index (χ3n) is 2.73. The summed E-state index contributed by atoms with van der Waals surface area (Å²) in [4.78, 5) is 0. The zero-order valence-corrected chi connectivity index (χ0v) is 9.39. The summed E-state index contributed by atoms with van der Waals surface area (Å²) < 4.78 is 5.81. The summed E-state index contributed by atoms with van der Waals surface area (Å²) >= 11 is 0. The van der Waals surface area contributed by atoms with Gasteiger partial charge < -0.3 is 10.1 Å². The van der Waals surface area contributed by atoms with Crippen LogP contribution in [0.25, 0.3) is 0 Å². The van der Waals surface area contributed by atoms with Crippen LogP contribution in [0.3, 0.4) is 0 Å². The van der Waals surface area contributed by atoms with Crippen molar-refractivity contribution in [1.82, 2.24) is 5.32 Å². The largest absolute Gasteiger partial charge is 0.376 e. The van der Waals surface area contributed by atoms with Crippen LogP contribution < -0.4 is 5.32 Å². The van der Waals surface area contributed by atoms with Crippen LogP contribution >= 0.6 is 0 Å². The summed E-state index contributed by atoms with van der Waals surface area (Å²) in [5.74, 6) is 1.60. The van der Waals surface area contributed by atoms with Gasteiger partial charge in [-0.3, -0.25) is 0 Å². The van der Waals surface area contributed by atoms with E-state index in [1.807, 2.05) is 0 Å². The van der Waals surface area contributed by atoms with E-state index in [2.05, 4.69) is 33.0 Å². The van der Waals surface area contributed by atoms with Crippen molar-refractivity contribution in [2.24, 2.45) is 11.8 Å². The van der Waals surface area contributed by atoms with Gasteiger partial charge in [0.05, 0.1) is 12.2 Å². The van der Waals surface area contributed by atoms with Gasteiger partial charge in [0, 0.05) is 0 Å². The number of nitrogens with one attached hydrogen (secondary N) is 1. The molecule has 2 nitrogen and oxygen atoms in total. The minimum Gasteiger partial charge on any atom is -0.376 e. The van der Waals surface area contributed by atoms with E-state index in [4.69, 9.17) is 4.74 Å². The molecule has 78 valence electrons. The van der Waals surface area contributed by atoms with Gasteiger partial charge in [-0.2, -0.15) is 0 Å². The normalized spacial score (nSPS) is 21.2. The smallest absolute Gasteiger partial charge is 0.0598 e. The fourth-order valence-electron chi connectivity index (χ4n) is 1.59. The van der Waals surface area contributed by atoms with E-state index in [0.29, 0.717) is 0 Å². The molecule has 1 rings (SSSR count). The molecule has 1 unspecified atom stereocenters. The second-order valence-corrected chi connectivity index (χ2v) is 5.01. The van der Waals surface area contributed by atoms with Crippen molar-refractivity contribution in [2.45, 2.75) is 39.7 Å². The molecule has 13 heavy (non-hydrogen) atoms. The molecule has 0 spiro atoms. The van der Waals surface area contributed by atoms with Gasteiger partial charge in [0.25, 0.3) is 0 Å². The average Bonchev–Trinajstić information content (AvgIpc) is 1.91. The van der Waals surface area contributed by atoms with Crippen LogP contribution in [0.5, 0.6) is 0 Å². The molecular weight excluding hydrogens is 162 g/mol. The van der Waals surface area contributed by atoms with Crippen LogP contribution in [0.4, 0.5) is 0 Å². The van der Waals surface area contributed by atoms with Crippen LogP contribution in [-0.2, 0) is 4.74 Å². The minimum atomic E-state index is 0.0184. The highest BCUT2D eigenvalue weighted by molar-refractivity contribution is 4.81. The van der Waals surface area contributed by atoms with Gasteiger partial charge >= 0.3 is 0 Å². The van der Waals surface area contributed by atoms with Crippen LogP contribution in [-0.4, -0.2) is 25.3 Å². The van der Waals surface area contributed by atoms with Crippen LogP contribution in [0, 0.1) is 11.8 Å². The van der Waals surface area contributed by atoms with Crippen molar-refractivity contribution in [3.63, 3.8) is 0 Å². The SMILES string of the molecule is CCC(COC(C)(C)C)C1CNC1. The molecule has 0 aromatic heterocycles. The van der Waals surface area contributed by atoms with Crippen molar-refractivity contribution in [1.29, 1.82) is 0 Å². The number of hydrogen-bond donors (Lipinski definition) is 1. The summed E-state index contributed by atoms with van der Waals surface area (Å²) in [5, 5.41) is 3.32. The highest BCUT2D eigenvalue weighted by atomic mass is 16.5. The molecule has 1 fully saturated rings. The lowest BCUT2D eigenvalue weighted by molar-refractivity contribution is -0.0376. The lowest BCUT2D eigenvalue weighted by atomic mass is 9.86. The Morgan fingerprint density at radius 1 is 1.38 bits per heavy atom. The molecule has 2 heteroatoms. The second-order valence-electron chi connectivity index (χ2n) is 5.01. The predicted molar refractivity (Wildman–Crippen MR) is 55.8 cm³/mol. The zero-order chi connectivity index (χ0) is 9.90. The van der Waals surface area contributed by atoms with E-state index in [9.17, 15) is 0 Å². The van der Waals surface area contributed by atoms with Crippen molar-refractivity contribution in [3.05, 3.63) is 0 Å². The molecule has 0 amide bonds. The van der Waals surface area contributed by atoms with Gasteiger partial charge in [0.1, 0.15) is 0 Å². The first kappa shape index (κ1) is 11.0. The molecule has 0 aliphatic carbocycles. The quantitative estimate of drug-likeness (QED) is 0.723. The summed E-state index contributed by atoms with van der Waals surface area (Å²) in [6.45, 7) is 11.9. The van der Waals surface area contributed by atoms with Gasteiger partial charge in [-0.15, -0.1) is 0 Å². The molecule has 0 aromatic rings. The fraction of sp³-hybridized carbons (Fsp3) is 1.00. The lowest BCUT2D eigenvalue weighted by Crippen LogP contribution is -2.47. The molecule has 1 N–H and O–H groups in total. The van der Waals surface area contributed by atoms with Gasteiger partial charge in [0.2, 0.25) is 0 Å². The summed E-state index contributed by atoms with van der Waals surface area (Å²) in [6.07, 6.45) is 1.24. The number of ether oxygens (including phenoxy) is 1. The van der Waals surface area contributed by atoms with E-state index < -0.39 is 0 Å². The van der Waals surface area contributed by atoms with E-state index in [0.717, 1.165) is 18.4 Å². The Bertz CT molecular complexity index is 147. The minimum absolute atomic E-state index is 0.0184. The van der Waals surface area contributed by atoms with E-state index >= 15 is 0 Å². The zero-order valence-electron chi connectivity index (χ0n) is 9.39. The number of hydrogen-bond acceptors (Lipinski definition) is 2. The summed E-state index contributed by atoms with van der Waals surface area (Å²) in [6, 6.07) is 0. The Morgan fingerprint density at radius 2 is 2.00 bits per heavy atom. The van der Waals surface area contributed by atoms with Crippen LogP contribution in [0.15, 0.2) is 0 Å². The van der Waals surface area contributed by atoms with E-state index in [-0.39, 0.29) is 5.60 Å². The monoisotopic (exact) mass is 185 g/mol. The Kier molecular flexibility index (Phi) is 3.74. The molecule has 1 saturated heterocycles. The summed E-state index contributed by atoms with van der Waals surface area (Å²) in [5.41, 5.74) is 0.0184. The topological polar surface area (TPSA) is 21.3 Å². The molecule has 0 saturated carbocycles. The molecule has 0 aromatic carbocycles. The van der Waals surface area contributed by atoms with Gasteiger partial charge in [0.15, 0.2) is 0 Å². The van der Waals surface area contributed by atoms with Crippen molar-refractivity contribution in [3.8, 4) is 0 Å². The molecule has 1 aliphatic rings. The fourth-order valence-corrected chi connectivity index (χ4v) is 1.59. The standard InChI is InChI=1S/C11H23NO/c1-5-9(10-6-12-7-10)8-13-11(2,3)4/h9-10,12H,5-8H2,1-4H3. The average molecular weight is 185 g/mol. The number of rotatable bonds is 4. The first-order chi connectivity index (χ1) is 6.03. The third-order valence-corrected chi connectivity index (χ3v) is 2.73. The van der Waals surface area contributed by atoms with Crippen LogP contribution in [0.1, 0.15) is 34.1 Å².